The van der Waals surface area contributed by atoms with E-state index in [1.807, 2.05) is 103 Å². The van der Waals surface area contributed by atoms with Gasteiger partial charge in [0.1, 0.15) is 11.5 Å². The van der Waals surface area contributed by atoms with E-state index >= 15 is 0 Å². The van der Waals surface area contributed by atoms with Crippen molar-refractivity contribution >= 4 is 10.8 Å². The Morgan fingerprint density at radius 3 is 2.06 bits per heavy atom. The van der Waals surface area contributed by atoms with Crippen LogP contribution in [0.25, 0.3) is 10.8 Å². The summed E-state index contributed by atoms with van der Waals surface area (Å²) in [6.07, 6.45) is 7.74. The molecule has 2 N–H and O–H groups in total. The van der Waals surface area contributed by atoms with Gasteiger partial charge in [-0.15, -0.1) is 0 Å². The number of unbranched alkanes of at least 4 members (excludes halogenated alkanes) is 2. The molecule has 4 aromatic carbocycles. The zero-order valence-electron chi connectivity index (χ0n) is 30.0. The Morgan fingerprint density at radius 2 is 1.42 bits per heavy atom. The monoisotopic (exact) mass is 697 g/mol. The van der Waals surface area contributed by atoms with E-state index in [4.69, 9.17) is 24.1 Å². The molecule has 268 valence electrons. The molecule has 0 bridgehead atoms. The van der Waals surface area contributed by atoms with Crippen molar-refractivity contribution in [2.75, 3.05) is 40.5 Å². The number of aliphatic hydroxyl groups excluding tert-OH is 1. The van der Waals surface area contributed by atoms with Crippen LogP contribution in [0.5, 0.6) is 17.5 Å². The molecule has 2 atom stereocenters. The Labute approximate surface area is 307 Å². The molecule has 0 saturated carbocycles. The lowest BCUT2D eigenvalue weighted by atomic mass is 9.89. The Hall–Kier alpha value is -5.38. The van der Waals surface area contributed by atoms with Gasteiger partial charge in [-0.25, -0.2) is 9.97 Å². The van der Waals surface area contributed by atoms with E-state index in [0.717, 1.165) is 89.7 Å². The number of aromatic nitrogens is 2. The molecule has 1 aliphatic rings. The summed E-state index contributed by atoms with van der Waals surface area (Å²) in [5, 5.41) is 14.0. The number of nitrogens with zero attached hydrogens (tertiary/aromatic N) is 2. The van der Waals surface area contributed by atoms with Crippen molar-refractivity contribution in [1.82, 2.24) is 15.3 Å². The molecule has 0 amide bonds. The van der Waals surface area contributed by atoms with Gasteiger partial charge in [-0.3, -0.25) is 0 Å². The van der Waals surface area contributed by atoms with Crippen molar-refractivity contribution in [2.45, 2.75) is 50.7 Å². The molecule has 1 saturated heterocycles. The first-order valence-electron chi connectivity index (χ1n) is 17.8. The highest BCUT2D eigenvalue weighted by atomic mass is 16.5. The minimum absolute atomic E-state index is 0.0329. The molecular formula is C44H47N3O5. The lowest BCUT2D eigenvalue weighted by molar-refractivity contribution is 0.00965. The molecule has 2 unspecified atom stereocenters. The highest BCUT2D eigenvalue weighted by molar-refractivity contribution is 5.94. The average molecular weight is 698 g/mol. The largest absolute Gasteiger partial charge is 0.496 e. The topological polar surface area (TPSA) is 95.0 Å². The predicted octanol–water partition coefficient (Wildman–Crippen LogP) is 7.33. The Balaban J connectivity index is 0.000000370. The fourth-order valence-corrected chi connectivity index (χ4v) is 5.93. The molecule has 0 aliphatic carbocycles. The van der Waals surface area contributed by atoms with Gasteiger partial charge in [-0.05, 0) is 61.7 Å². The fraction of sp³-hybridized carbons (Fsp3) is 0.318. The van der Waals surface area contributed by atoms with Crippen LogP contribution in [0.1, 0.15) is 60.3 Å². The molecule has 1 fully saturated rings. The highest BCUT2D eigenvalue weighted by Gasteiger charge is 2.28. The van der Waals surface area contributed by atoms with E-state index in [1.165, 1.54) is 0 Å². The zero-order valence-corrected chi connectivity index (χ0v) is 30.0. The first kappa shape index (κ1) is 37.9. The fourth-order valence-electron chi connectivity index (χ4n) is 5.93. The van der Waals surface area contributed by atoms with Crippen LogP contribution in [0, 0.1) is 23.7 Å². The smallest absolute Gasteiger partial charge is 0.316 e. The number of piperidine rings is 1. The predicted molar refractivity (Wildman–Crippen MR) is 206 cm³/mol. The number of fused-ring (bicyclic) bond motifs is 1. The van der Waals surface area contributed by atoms with Crippen molar-refractivity contribution in [3.63, 3.8) is 0 Å². The third-order valence-corrected chi connectivity index (χ3v) is 8.56. The number of methoxy groups -OCH3 is 2. The van der Waals surface area contributed by atoms with E-state index in [-0.39, 0.29) is 18.6 Å². The van der Waals surface area contributed by atoms with Gasteiger partial charge in [0.15, 0.2) is 0 Å². The van der Waals surface area contributed by atoms with Crippen LogP contribution in [0.15, 0.2) is 103 Å². The van der Waals surface area contributed by atoms with Gasteiger partial charge in [-0.1, -0.05) is 84.3 Å². The minimum Gasteiger partial charge on any atom is -0.496 e. The van der Waals surface area contributed by atoms with Crippen molar-refractivity contribution in [3.8, 4) is 41.2 Å². The second-order valence-corrected chi connectivity index (χ2v) is 12.2. The number of ether oxygens (including phenoxy) is 4. The molecule has 0 spiro atoms. The summed E-state index contributed by atoms with van der Waals surface area (Å²) in [4.78, 5) is 8.95. The van der Waals surface area contributed by atoms with Crippen LogP contribution in [0.4, 0.5) is 0 Å². The average Bonchev–Trinajstić information content (AvgIpc) is 3.21. The molecule has 8 nitrogen and oxygen atoms in total. The molecule has 52 heavy (non-hydrogen) atoms. The molecule has 8 heteroatoms. The van der Waals surface area contributed by atoms with Crippen molar-refractivity contribution in [2.24, 2.45) is 0 Å². The normalized spacial score (nSPS) is 14.8. The maximum absolute atomic E-state index is 8.50. The number of aliphatic hydroxyl groups is 1. The first-order chi connectivity index (χ1) is 25.7. The molecule has 6 rings (SSSR count). The SMILES string of the molecule is COc1cc(COC2CNCCC2c2cnc(OCCCC#Cc3ccccc3)nc2)c(OC)c2ccccc12.OCCCC#Cc1ccccc1. The van der Waals surface area contributed by atoms with Crippen LogP contribution in [0.3, 0.4) is 0 Å². The van der Waals surface area contributed by atoms with Crippen LogP contribution in [-0.4, -0.2) is 61.7 Å². The second-order valence-electron chi connectivity index (χ2n) is 12.2. The third-order valence-electron chi connectivity index (χ3n) is 8.56. The van der Waals surface area contributed by atoms with Gasteiger partial charge >= 0.3 is 6.01 Å². The van der Waals surface area contributed by atoms with Crippen LogP contribution < -0.4 is 19.5 Å². The van der Waals surface area contributed by atoms with Crippen LogP contribution in [0.2, 0.25) is 0 Å². The van der Waals surface area contributed by atoms with Crippen LogP contribution in [-0.2, 0) is 11.3 Å². The van der Waals surface area contributed by atoms with E-state index in [2.05, 4.69) is 39.0 Å². The minimum atomic E-state index is -0.0329. The molecule has 5 aromatic rings. The summed E-state index contributed by atoms with van der Waals surface area (Å²) < 4.78 is 23.7. The lowest BCUT2D eigenvalue weighted by Crippen LogP contribution is -2.41. The van der Waals surface area contributed by atoms with E-state index in [1.54, 1.807) is 14.2 Å². The highest BCUT2D eigenvalue weighted by Crippen LogP contribution is 2.38. The summed E-state index contributed by atoms with van der Waals surface area (Å²) in [7, 11) is 3.38. The van der Waals surface area contributed by atoms with E-state index < -0.39 is 0 Å². The Kier molecular flexibility index (Phi) is 15.4. The standard InChI is InChI=1S/C33H35N3O4.C11H12O/c1-37-30-19-25(32(38-2)29-15-9-8-14-28(29)30)23-40-31-22-34-17-16-27(31)26-20-35-33(36-21-26)39-18-10-4-7-13-24-11-5-3-6-12-24;12-10-6-2-5-9-11-7-3-1-4-8-11/h3,5-6,8-9,11-12,14-15,19-21,27,31,34H,4,10,16-18,22-23H2,1-2H3;1,3-4,7-8,12H,2,6,10H2. The zero-order chi connectivity index (χ0) is 36.2. The van der Waals surface area contributed by atoms with Gasteiger partial charge in [0, 0.05) is 71.8 Å². The third kappa shape index (κ3) is 11.3. The number of hydrogen-bond donors (Lipinski definition) is 2. The van der Waals surface area contributed by atoms with Gasteiger partial charge in [0.05, 0.1) is 33.5 Å². The number of rotatable bonds is 12. The lowest BCUT2D eigenvalue weighted by Gasteiger charge is -2.32. The molecule has 1 aromatic heterocycles. The van der Waals surface area contributed by atoms with Crippen LogP contribution >= 0.6 is 0 Å². The summed E-state index contributed by atoms with van der Waals surface area (Å²) >= 11 is 0. The Bertz CT molecular complexity index is 1930. The maximum atomic E-state index is 8.50. The molecule has 2 heterocycles. The van der Waals surface area contributed by atoms with Gasteiger partial charge in [-0.2, -0.15) is 0 Å². The summed E-state index contributed by atoms with van der Waals surface area (Å²) in [6, 6.07) is 30.3. The molecule has 1 aliphatic heterocycles. The quantitative estimate of drug-likeness (QED) is 0.103. The van der Waals surface area contributed by atoms with Gasteiger partial charge < -0.3 is 29.4 Å². The van der Waals surface area contributed by atoms with Gasteiger partial charge in [0.25, 0.3) is 0 Å². The molecule has 0 radical (unpaired) electrons. The van der Waals surface area contributed by atoms with E-state index in [9.17, 15) is 0 Å². The van der Waals surface area contributed by atoms with E-state index in [0.29, 0.717) is 19.2 Å². The number of hydrogen-bond acceptors (Lipinski definition) is 8. The number of nitrogens with one attached hydrogen (secondary N) is 1. The van der Waals surface area contributed by atoms with Crippen molar-refractivity contribution in [1.29, 1.82) is 0 Å². The summed E-state index contributed by atoms with van der Waals surface area (Å²) in [6.45, 7) is 2.82. The summed E-state index contributed by atoms with van der Waals surface area (Å²) in [5.41, 5.74) is 4.07. The summed E-state index contributed by atoms with van der Waals surface area (Å²) in [5.74, 6) is 14.2. The number of benzene rings is 4. The van der Waals surface area contributed by atoms with Gasteiger partial charge in [0.2, 0.25) is 0 Å². The van der Waals surface area contributed by atoms with Crippen molar-refractivity contribution < 1.29 is 24.1 Å². The first-order valence-corrected chi connectivity index (χ1v) is 17.8. The van der Waals surface area contributed by atoms with Crippen molar-refractivity contribution in [3.05, 3.63) is 126 Å². The molecular weight excluding hydrogens is 650 g/mol. The Morgan fingerprint density at radius 1 is 0.788 bits per heavy atom. The maximum Gasteiger partial charge on any atom is 0.316 e. The second kappa shape index (κ2) is 21.1.